The maximum atomic E-state index is 11.0. The van der Waals surface area contributed by atoms with Crippen molar-refractivity contribution in [2.75, 3.05) is 7.11 Å². The molecule has 0 unspecified atom stereocenters. The summed E-state index contributed by atoms with van der Waals surface area (Å²) >= 11 is 0. The molecule has 72 valence electrons. The Morgan fingerprint density at radius 2 is 2.07 bits per heavy atom. The van der Waals surface area contributed by atoms with E-state index in [4.69, 9.17) is 9.15 Å². The number of fused-ring (bicyclic) bond motifs is 1. The molecule has 1 heterocycles. The highest BCUT2D eigenvalue weighted by Crippen LogP contribution is 2.23. The lowest BCUT2D eigenvalue weighted by Crippen LogP contribution is -1.95. The van der Waals surface area contributed by atoms with E-state index in [2.05, 4.69) is 0 Å². The molecule has 3 nitrogen and oxygen atoms in total. The van der Waals surface area contributed by atoms with Gasteiger partial charge in [-0.3, -0.25) is 0 Å². The molecule has 0 fully saturated rings. The first kappa shape index (κ1) is 8.81. The topological polar surface area (TPSA) is 39.4 Å². The molecule has 2 rings (SSSR count). The Kier molecular flexibility index (Phi) is 2.00. The van der Waals surface area contributed by atoms with Gasteiger partial charge in [0.05, 0.1) is 7.11 Å². The molecule has 14 heavy (non-hydrogen) atoms. The van der Waals surface area contributed by atoms with Crippen LogP contribution in [0.15, 0.2) is 33.5 Å². The Morgan fingerprint density at radius 1 is 1.29 bits per heavy atom. The summed E-state index contributed by atoms with van der Waals surface area (Å²) in [6.07, 6.45) is 0. The lowest BCUT2D eigenvalue weighted by molar-refractivity contribution is 0.411. The van der Waals surface area contributed by atoms with E-state index in [1.807, 2.05) is 13.0 Å². The second-order valence-corrected chi connectivity index (χ2v) is 3.11. The lowest BCUT2D eigenvalue weighted by Gasteiger charge is -2.04. The molecule has 2 aromatic rings. The minimum absolute atomic E-state index is 0.344. The van der Waals surface area contributed by atoms with Crippen LogP contribution in [0.4, 0.5) is 0 Å². The quantitative estimate of drug-likeness (QED) is 0.646. The van der Waals surface area contributed by atoms with Crippen molar-refractivity contribution in [1.82, 2.24) is 0 Å². The summed E-state index contributed by atoms with van der Waals surface area (Å²) in [6.45, 7) is 1.95. The second kappa shape index (κ2) is 3.18. The molecule has 0 radical (unpaired) electrons. The summed E-state index contributed by atoms with van der Waals surface area (Å²) < 4.78 is 10.2. The lowest BCUT2D eigenvalue weighted by atomic mass is 10.1. The van der Waals surface area contributed by atoms with Gasteiger partial charge in [0.2, 0.25) is 0 Å². The highest BCUT2D eigenvalue weighted by molar-refractivity contribution is 5.79. The zero-order chi connectivity index (χ0) is 10.1. The van der Waals surface area contributed by atoms with Crippen molar-refractivity contribution in [2.24, 2.45) is 0 Å². The largest absolute Gasteiger partial charge is 0.496 e. The number of hydrogen-bond acceptors (Lipinski definition) is 3. The van der Waals surface area contributed by atoms with E-state index in [-0.39, 0.29) is 5.63 Å². The third kappa shape index (κ3) is 1.37. The van der Waals surface area contributed by atoms with Crippen molar-refractivity contribution in [1.29, 1.82) is 0 Å². The highest BCUT2D eigenvalue weighted by Gasteiger charge is 2.03. The third-order valence-corrected chi connectivity index (χ3v) is 2.14. The average Bonchev–Trinajstić information content (AvgIpc) is 2.17. The Bertz CT molecular complexity index is 526. The van der Waals surface area contributed by atoms with E-state index in [9.17, 15) is 4.79 Å². The van der Waals surface area contributed by atoms with Crippen LogP contribution in [0.5, 0.6) is 5.75 Å². The number of benzene rings is 1. The fraction of sp³-hybridized carbons (Fsp3) is 0.182. The summed E-state index contributed by atoms with van der Waals surface area (Å²) in [4.78, 5) is 11.0. The van der Waals surface area contributed by atoms with E-state index in [0.29, 0.717) is 5.58 Å². The zero-order valence-corrected chi connectivity index (χ0v) is 8.03. The van der Waals surface area contributed by atoms with Crippen LogP contribution in [-0.4, -0.2) is 7.11 Å². The van der Waals surface area contributed by atoms with Gasteiger partial charge >= 0.3 is 5.63 Å². The summed E-state index contributed by atoms with van der Waals surface area (Å²) in [5.74, 6) is 0.729. The Hall–Kier alpha value is -1.77. The van der Waals surface area contributed by atoms with Gasteiger partial charge < -0.3 is 9.15 Å². The number of rotatable bonds is 1. The second-order valence-electron chi connectivity index (χ2n) is 3.11. The molecular formula is C11H10O3. The predicted molar refractivity (Wildman–Crippen MR) is 53.8 cm³/mol. The Balaban J connectivity index is 2.80. The maximum absolute atomic E-state index is 11.0. The fourth-order valence-electron chi connectivity index (χ4n) is 1.43. The van der Waals surface area contributed by atoms with Gasteiger partial charge in [-0.15, -0.1) is 0 Å². The molecule has 0 saturated heterocycles. The van der Waals surface area contributed by atoms with E-state index in [1.165, 1.54) is 6.07 Å². The van der Waals surface area contributed by atoms with Crippen LogP contribution in [0.2, 0.25) is 0 Å². The monoisotopic (exact) mass is 190 g/mol. The predicted octanol–water partition coefficient (Wildman–Crippen LogP) is 2.11. The van der Waals surface area contributed by atoms with Crippen LogP contribution in [0.25, 0.3) is 11.0 Å². The molecule has 0 N–H and O–H groups in total. The first-order chi connectivity index (χ1) is 6.70. The van der Waals surface area contributed by atoms with Gasteiger partial charge in [0.1, 0.15) is 11.3 Å². The van der Waals surface area contributed by atoms with Crippen molar-refractivity contribution in [3.63, 3.8) is 0 Å². The molecule has 0 amide bonds. The van der Waals surface area contributed by atoms with E-state index in [0.717, 1.165) is 16.7 Å². The van der Waals surface area contributed by atoms with Crippen molar-refractivity contribution >= 4 is 11.0 Å². The standard InChI is InChI=1S/C11H10O3/c1-7-5-8-3-4-11(12)14-10(8)6-9(7)13-2/h3-6H,1-2H3. The Morgan fingerprint density at radius 3 is 2.79 bits per heavy atom. The van der Waals surface area contributed by atoms with E-state index >= 15 is 0 Å². The van der Waals surface area contributed by atoms with Crippen molar-refractivity contribution in [2.45, 2.75) is 6.92 Å². The van der Waals surface area contributed by atoms with Gasteiger partial charge in [0.15, 0.2) is 0 Å². The summed E-state index contributed by atoms with van der Waals surface area (Å²) in [6, 6.07) is 6.81. The van der Waals surface area contributed by atoms with Crippen LogP contribution in [0.1, 0.15) is 5.56 Å². The van der Waals surface area contributed by atoms with Gasteiger partial charge in [-0.25, -0.2) is 4.79 Å². The minimum Gasteiger partial charge on any atom is -0.496 e. The van der Waals surface area contributed by atoms with E-state index in [1.54, 1.807) is 19.2 Å². The summed E-state index contributed by atoms with van der Waals surface area (Å²) in [5, 5.41) is 0.905. The summed E-state index contributed by atoms with van der Waals surface area (Å²) in [7, 11) is 1.59. The number of hydrogen-bond donors (Lipinski definition) is 0. The molecule has 0 bridgehead atoms. The van der Waals surface area contributed by atoms with Gasteiger partial charge in [-0.05, 0) is 24.6 Å². The number of methoxy groups -OCH3 is 1. The molecule has 0 aliphatic heterocycles. The van der Waals surface area contributed by atoms with Gasteiger partial charge in [0, 0.05) is 17.5 Å². The molecule has 0 atom stereocenters. The third-order valence-electron chi connectivity index (χ3n) is 2.14. The van der Waals surface area contributed by atoms with Crippen molar-refractivity contribution in [3.8, 4) is 5.75 Å². The number of ether oxygens (including phenoxy) is 1. The van der Waals surface area contributed by atoms with E-state index < -0.39 is 0 Å². The zero-order valence-electron chi connectivity index (χ0n) is 8.03. The smallest absolute Gasteiger partial charge is 0.336 e. The highest BCUT2D eigenvalue weighted by atomic mass is 16.5. The minimum atomic E-state index is -0.344. The first-order valence-corrected chi connectivity index (χ1v) is 4.29. The molecular weight excluding hydrogens is 180 g/mol. The van der Waals surface area contributed by atoms with Crippen LogP contribution < -0.4 is 10.4 Å². The average molecular weight is 190 g/mol. The molecule has 0 spiro atoms. The molecule has 0 saturated carbocycles. The fourth-order valence-corrected chi connectivity index (χ4v) is 1.43. The number of aryl methyl sites for hydroxylation is 1. The normalized spacial score (nSPS) is 10.4. The Labute approximate surface area is 80.9 Å². The molecule has 0 aliphatic carbocycles. The first-order valence-electron chi connectivity index (χ1n) is 4.29. The van der Waals surface area contributed by atoms with Crippen molar-refractivity contribution < 1.29 is 9.15 Å². The van der Waals surface area contributed by atoms with Crippen molar-refractivity contribution in [3.05, 3.63) is 40.2 Å². The van der Waals surface area contributed by atoms with Crippen LogP contribution in [0.3, 0.4) is 0 Å². The molecule has 3 heteroatoms. The van der Waals surface area contributed by atoms with Crippen LogP contribution in [-0.2, 0) is 0 Å². The molecule has 1 aromatic carbocycles. The SMILES string of the molecule is COc1cc2oc(=O)ccc2cc1C. The van der Waals surface area contributed by atoms with Gasteiger partial charge in [-0.1, -0.05) is 0 Å². The maximum Gasteiger partial charge on any atom is 0.336 e. The molecule has 1 aromatic heterocycles. The molecule has 0 aliphatic rings. The van der Waals surface area contributed by atoms with Crippen LogP contribution >= 0.6 is 0 Å². The van der Waals surface area contributed by atoms with Gasteiger partial charge in [-0.2, -0.15) is 0 Å². The van der Waals surface area contributed by atoms with Gasteiger partial charge in [0.25, 0.3) is 0 Å². The summed E-state index contributed by atoms with van der Waals surface area (Å²) in [5.41, 5.74) is 1.23. The van der Waals surface area contributed by atoms with Crippen LogP contribution in [0, 0.1) is 6.92 Å².